The molecule has 1 aromatic carbocycles. The van der Waals surface area contributed by atoms with Crippen LogP contribution in [0.25, 0.3) is 0 Å². The molecule has 0 saturated heterocycles. The molecule has 1 aromatic rings. The summed E-state index contributed by atoms with van der Waals surface area (Å²) in [5.41, 5.74) is 2.83. The van der Waals surface area contributed by atoms with E-state index in [0.717, 1.165) is 44.1 Å². The van der Waals surface area contributed by atoms with E-state index in [1.807, 2.05) is 38.1 Å². The minimum Gasteiger partial charge on any atom is -0.479 e. The van der Waals surface area contributed by atoms with Gasteiger partial charge in [-0.05, 0) is 18.9 Å². The molecule has 25 heavy (non-hydrogen) atoms. The van der Waals surface area contributed by atoms with E-state index in [9.17, 15) is 9.90 Å². The molecule has 1 fully saturated rings. The first-order valence-electron chi connectivity index (χ1n) is 8.89. The fraction of sp³-hybridized carbons (Fsp3) is 0.550. The zero-order valence-electron chi connectivity index (χ0n) is 15.0. The second-order valence-electron chi connectivity index (χ2n) is 6.18. The third kappa shape index (κ3) is 4.76. The average molecular weight is 366 g/mol. The monoisotopic (exact) mass is 365 g/mol. The highest BCUT2D eigenvalue weighted by Crippen LogP contribution is 2.43. The molecule has 2 N–H and O–H groups in total. The number of nitrogens with one attached hydrogen (secondary N) is 1. The summed E-state index contributed by atoms with van der Waals surface area (Å²) in [6, 6.07) is 7.49. The maximum Gasteiger partial charge on any atom is 0.343 e. The molecule has 5 heteroatoms. The Bertz CT molecular complexity index is 617. The number of hydrogen-bond donors (Lipinski definition) is 2. The number of aliphatic carboxylic acids is 1. The van der Waals surface area contributed by atoms with Crippen molar-refractivity contribution in [2.45, 2.75) is 58.0 Å². The van der Waals surface area contributed by atoms with Gasteiger partial charge in [0.05, 0.1) is 0 Å². The zero-order valence-corrected chi connectivity index (χ0v) is 15.8. The van der Waals surface area contributed by atoms with Crippen LogP contribution >= 0.6 is 12.4 Å². The number of rotatable bonds is 6. The number of carboxylic acids is 1. The Labute approximate surface area is 156 Å². The summed E-state index contributed by atoms with van der Waals surface area (Å²) < 4.78 is 0. The fourth-order valence-electron chi connectivity index (χ4n) is 3.49. The van der Waals surface area contributed by atoms with Crippen molar-refractivity contribution in [2.75, 3.05) is 6.54 Å². The van der Waals surface area contributed by atoms with Gasteiger partial charge in [0, 0.05) is 30.0 Å². The van der Waals surface area contributed by atoms with Gasteiger partial charge >= 0.3 is 5.97 Å². The summed E-state index contributed by atoms with van der Waals surface area (Å²) in [6.07, 6.45) is 5.67. The summed E-state index contributed by atoms with van der Waals surface area (Å²) in [6.45, 7) is 4.43. The lowest BCUT2D eigenvalue weighted by Crippen LogP contribution is -2.50. The van der Waals surface area contributed by atoms with Crippen molar-refractivity contribution >= 4 is 18.4 Å². The van der Waals surface area contributed by atoms with Crippen LogP contribution in [-0.4, -0.2) is 17.6 Å². The zero-order chi connectivity index (χ0) is 17.4. The summed E-state index contributed by atoms with van der Waals surface area (Å²) in [4.78, 5) is 18.3. The Kier molecular flexibility index (Phi) is 8.99. The Morgan fingerprint density at radius 2 is 1.96 bits per heavy atom. The topological polar surface area (TPSA) is 58.6 Å². The van der Waals surface area contributed by atoms with Crippen LogP contribution in [0.5, 0.6) is 0 Å². The predicted molar refractivity (Wildman–Crippen MR) is 102 cm³/mol. The summed E-state index contributed by atoms with van der Waals surface area (Å²) in [5.74, 6) is 5.17. The average Bonchev–Trinajstić information content (AvgIpc) is 2.62. The van der Waals surface area contributed by atoms with Crippen molar-refractivity contribution in [3.63, 3.8) is 0 Å². The van der Waals surface area contributed by atoms with Crippen LogP contribution in [0.1, 0.15) is 63.5 Å². The molecule has 0 heterocycles. The largest absolute Gasteiger partial charge is 0.479 e. The number of hydroxylamine groups is 1. The van der Waals surface area contributed by atoms with Crippen molar-refractivity contribution in [3.8, 4) is 11.8 Å². The molecule has 0 aliphatic heterocycles. The Morgan fingerprint density at radius 1 is 1.28 bits per heavy atom. The quantitative estimate of drug-likeness (QED) is 0.583. The molecular formula is C20H28ClNO3. The first kappa shape index (κ1) is 21.5. The molecule has 138 valence electrons. The lowest BCUT2D eigenvalue weighted by molar-refractivity contribution is -0.195. The van der Waals surface area contributed by atoms with Gasteiger partial charge in [-0.1, -0.05) is 63.1 Å². The molecule has 1 atom stereocenters. The van der Waals surface area contributed by atoms with Crippen LogP contribution in [0.3, 0.4) is 0 Å². The third-order valence-electron chi connectivity index (χ3n) is 4.60. The van der Waals surface area contributed by atoms with Gasteiger partial charge in [0.1, 0.15) is 0 Å². The van der Waals surface area contributed by atoms with Crippen LogP contribution in [0.2, 0.25) is 0 Å². The van der Waals surface area contributed by atoms with Crippen LogP contribution in [0.15, 0.2) is 24.3 Å². The van der Waals surface area contributed by atoms with E-state index >= 15 is 0 Å². The number of halogens is 1. The van der Waals surface area contributed by atoms with Gasteiger partial charge in [-0.3, -0.25) is 4.84 Å². The Balaban J connectivity index is 0.00000312. The van der Waals surface area contributed by atoms with Gasteiger partial charge in [0.2, 0.25) is 5.60 Å². The SMILES string of the molecule is CCC#Cc1ccccc1C(ONCC)(C(=O)O)C1CCCCC1.Cl. The molecular weight excluding hydrogens is 338 g/mol. The molecule has 0 bridgehead atoms. The van der Waals surface area contributed by atoms with Gasteiger partial charge in [-0.2, -0.15) is 0 Å². The molecule has 0 spiro atoms. The van der Waals surface area contributed by atoms with E-state index in [1.165, 1.54) is 0 Å². The van der Waals surface area contributed by atoms with E-state index in [2.05, 4.69) is 17.3 Å². The maximum atomic E-state index is 12.4. The molecule has 0 aromatic heterocycles. The van der Waals surface area contributed by atoms with E-state index < -0.39 is 11.6 Å². The van der Waals surface area contributed by atoms with Gasteiger partial charge in [-0.15, -0.1) is 12.4 Å². The summed E-state index contributed by atoms with van der Waals surface area (Å²) >= 11 is 0. The van der Waals surface area contributed by atoms with Crippen molar-refractivity contribution in [1.29, 1.82) is 0 Å². The van der Waals surface area contributed by atoms with Crippen LogP contribution in [0, 0.1) is 17.8 Å². The number of benzene rings is 1. The predicted octanol–water partition coefficient (Wildman–Crippen LogP) is 4.27. The summed E-state index contributed by atoms with van der Waals surface area (Å²) in [5, 5.41) is 10.2. The fourth-order valence-corrected chi connectivity index (χ4v) is 3.49. The smallest absolute Gasteiger partial charge is 0.343 e. The second-order valence-corrected chi connectivity index (χ2v) is 6.18. The first-order chi connectivity index (χ1) is 11.7. The highest BCUT2D eigenvalue weighted by Gasteiger charge is 2.50. The first-order valence-corrected chi connectivity index (χ1v) is 8.89. The van der Waals surface area contributed by atoms with Crippen LogP contribution < -0.4 is 5.48 Å². The molecule has 4 nitrogen and oxygen atoms in total. The standard InChI is InChI=1S/C20H27NO3.ClH/c1-3-5-11-16-12-9-10-15-18(16)20(19(22)23,24-21-4-2)17-13-7-6-8-14-17;/h9-10,12,15,17,21H,3-4,6-8,13-14H2,1-2H3,(H,22,23);1H. The molecule has 0 amide bonds. The number of hydrogen-bond acceptors (Lipinski definition) is 3. The van der Waals surface area contributed by atoms with Gasteiger partial charge < -0.3 is 5.11 Å². The van der Waals surface area contributed by atoms with Crippen molar-refractivity contribution < 1.29 is 14.7 Å². The number of carboxylic acid groups (broad SMARTS) is 1. The summed E-state index contributed by atoms with van der Waals surface area (Å²) in [7, 11) is 0. The molecule has 1 aliphatic carbocycles. The molecule has 1 aliphatic rings. The van der Waals surface area contributed by atoms with Crippen LogP contribution in [0.4, 0.5) is 0 Å². The number of carbonyl (C=O) groups is 1. The molecule has 1 unspecified atom stereocenters. The van der Waals surface area contributed by atoms with Crippen molar-refractivity contribution in [2.24, 2.45) is 5.92 Å². The molecule has 2 rings (SSSR count). The van der Waals surface area contributed by atoms with Crippen LogP contribution in [-0.2, 0) is 15.2 Å². The lowest BCUT2D eigenvalue weighted by Gasteiger charge is -2.39. The Hall–Kier alpha value is -1.54. The Morgan fingerprint density at radius 3 is 2.56 bits per heavy atom. The molecule has 0 radical (unpaired) electrons. The van der Waals surface area contributed by atoms with Crippen molar-refractivity contribution in [1.82, 2.24) is 5.48 Å². The van der Waals surface area contributed by atoms with E-state index in [0.29, 0.717) is 12.1 Å². The minimum atomic E-state index is -1.39. The van der Waals surface area contributed by atoms with Crippen molar-refractivity contribution in [3.05, 3.63) is 35.4 Å². The lowest BCUT2D eigenvalue weighted by atomic mass is 9.72. The van der Waals surface area contributed by atoms with Gasteiger partial charge in [0.25, 0.3) is 0 Å². The van der Waals surface area contributed by atoms with E-state index in [1.54, 1.807) is 0 Å². The third-order valence-corrected chi connectivity index (χ3v) is 4.60. The minimum absolute atomic E-state index is 0. The highest BCUT2D eigenvalue weighted by molar-refractivity contribution is 5.85. The normalized spacial score (nSPS) is 16.9. The second kappa shape index (κ2) is 10.5. The van der Waals surface area contributed by atoms with Gasteiger partial charge in [-0.25, -0.2) is 10.3 Å². The maximum absolute atomic E-state index is 12.4. The van der Waals surface area contributed by atoms with Gasteiger partial charge in [0.15, 0.2) is 0 Å². The van der Waals surface area contributed by atoms with E-state index in [-0.39, 0.29) is 18.3 Å². The highest BCUT2D eigenvalue weighted by atomic mass is 35.5. The molecule has 1 saturated carbocycles. The van der Waals surface area contributed by atoms with E-state index in [4.69, 9.17) is 4.84 Å².